The van der Waals surface area contributed by atoms with Crippen molar-refractivity contribution >= 4 is 17.7 Å². The highest BCUT2D eigenvalue weighted by Crippen LogP contribution is 2.29. The highest BCUT2D eigenvalue weighted by molar-refractivity contribution is 6.05. The van der Waals surface area contributed by atoms with Gasteiger partial charge in [-0.25, -0.2) is 0 Å². The molecule has 7 nitrogen and oxygen atoms in total. The van der Waals surface area contributed by atoms with E-state index < -0.39 is 6.04 Å². The lowest BCUT2D eigenvalue weighted by molar-refractivity contribution is -0.136. The zero-order valence-electron chi connectivity index (χ0n) is 18.7. The van der Waals surface area contributed by atoms with Crippen LogP contribution < -0.4 is 16.0 Å². The minimum absolute atomic E-state index is 0.127. The largest absolute Gasteiger partial charge is 0.322 e. The van der Waals surface area contributed by atoms with Gasteiger partial charge in [-0.15, -0.1) is 0 Å². The SMILES string of the molecule is O=C1CCC(N2Cc3cc(CN[C@@H]4CCNCC[C@@H]4c4ccccc4)ccc3C2=O)C(=O)N1. The fourth-order valence-electron chi connectivity index (χ4n) is 5.37. The van der Waals surface area contributed by atoms with Gasteiger partial charge in [-0.2, -0.15) is 0 Å². The minimum atomic E-state index is -0.575. The normalized spacial score (nSPS) is 25.5. The van der Waals surface area contributed by atoms with E-state index in [1.165, 1.54) is 5.56 Å². The van der Waals surface area contributed by atoms with Crippen molar-refractivity contribution in [2.75, 3.05) is 13.1 Å². The zero-order valence-corrected chi connectivity index (χ0v) is 18.7. The van der Waals surface area contributed by atoms with E-state index in [1.807, 2.05) is 12.1 Å². The Hall–Kier alpha value is -3.03. The highest BCUT2D eigenvalue weighted by atomic mass is 16.2. The van der Waals surface area contributed by atoms with Gasteiger partial charge in [-0.1, -0.05) is 42.5 Å². The zero-order chi connectivity index (χ0) is 22.8. The first kappa shape index (κ1) is 21.8. The van der Waals surface area contributed by atoms with Crippen LogP contribution in [-0.4, -0.2) is 47.8 Å². The number of benzene rings is 2. The molecule has 1 unspecified atom stereocenters. The molecule has 2 aromatic carbocycles. The summed E-state index contributed by atoms with van der Waals surface area (Å²) in [5.74, 6) is -0.308. The maximum Gasteiger partial charge on any atom is 0.255 e. The summed E-state index contributed by atoms with van der Waals surface area (Å²) >= 11 is 0. The Morgan fingerprint density at radius 3 is 2.61 bits per heavy atom. The Labute approximate surface area is 193 Å². The predicted octanol–water partition coefficient (Wildman–Crippen LogP) is 2.07. The van der Waals surface area contributed by atoms with Crippen molar-refractivity contribution in [1.82, 2.24) is 20.9 Å². The van der Waals surface area contributed by atoms with Crippen LogP contribution in [0.4, 0.5) is 0 Å². The Balaban J connectivity index is 1.27. The minimum Gasteiger partial charge on any atom is -0.322 e. The van der Waals surface area contributed by atoms with Gasteiger partial charge in [-0.05, 0) is 55.1 Å². The Morgan fingerprint density at radius 1 is 0.970 bits per heavy atom. The van der Waals surface area contributed by atoms with Crippen LogP contribution in [-0.2, 0) is 22.7 Å². The van der Waals surface area contributed by atoms with E-state index in [-0.39, 0.29) is 24.1 Å². The van der Waals surface area contributed by atoms with Gasteiger partial charge in [-0.3, -0.25) is 19.7 Å². The second kappa shape index (κ2) is 9.45. The summed E-state index contributed by atoms with van der Waals surface area (Å²) in [6.07, 6.45) is 2.81. The highest BCUT2D eigenvalue weighted by Gasteiger charge is 2.39. The lowest BCUT2D eigenvalue weighted by atomic mass is 9.87. The molecule has 2 aromatic rings. The quantitative estimate of drug-likeness (QED) is 0.612. The first-order valence-corrected chi connectivity index (χ1v) is 11.9. The van der Waals surface area contributed by atoms with E-state index >= 15 is 0 Å². The van der Waals surface area contributed by atoms with Gasteiger partial charge in [0, 0.05) is 37.0 Å². The summed E-state index contributed by atoms with van der Waals surface area (Å²) in [4.78, 5) is 38.3. The number of carbonyl (C=O) groups excluding carboxylic acids is 3. The third-order valence-corrected chi connectivity index (χ3v) is 7.13. The summed E-state index contributed by atoms with van der Waals surface area (Å²) in [7, 11) is 0. The number of hydrogen-bond donors (Lipinski definition) is 3. The van der Waals surface area contributed by atoms with E-state index in [2.05, 4.69) is 52.3 Å². The Bertz CT molecular complexity index is 1050. The number of rotatable bonds is 5. The second-order valence-electron chi connectivity index (χ2n) is 9.22. The van der Waals surface area contributed by atoms with E-state index in [4.69, 9.17) is 0 Å². The predicted molar refractivity (Wildman–Crippen MR) is 124 cm³/mol. The molecule has 172 valence electrons. The molecule has 0 aromatic heterocycles. The van der Waals surface area contributed by atoms with Crippen molar-refractivity contribution in [3.8, 4) is 0 Å². The Morgan fingerprint density at radius 2 is 1.79 bits per heavy atom. The molecule has 0 spiro atoms. The van der Waals surface area contributed by atoms with Crippen LogP contribution in [0.2, 0.25) is 0 Å². The van der Waals surface area contributed by atoms with Gasteiger partial charge in [0.15, 0.2) is 0 Å². The van der Waals surface area contributed by atoms with Crippen molar-refractivity contribution in [2.45, 2.75) is 56.8 Å². The molecule has 0 bridgehead atoms. The summed E-state index contributed by atoms with van der Waals surface area (Å²) < 4.78 is 0. The monoisotopic (exact) mass is 446 g/mol. The molecular weight excluding hydrogens is 416 g/mol. The van der Waals surface area contributed by atoms with E-state index in [0.717, 1.165) is 43.6 Å². The number of imide groups is 1. The van der Waals surface area contributed by atoms with Crippen LogP contribution in [0.15, 0.2) is 48.5 Å². The molecule has 33 heavy (non-hydrogen) atoms. The van der Waals surface area contributed by atoms with Crippen LogP contribution in [0.25, 0.3) is 0 Å². The number of nitrogens with one attached hydrogen (secondary N) is 3. The van der Waals surface area contributed by atoms with Crippen LogP contribution in [0, 0.1) is 0 Å². The van der Waals surface area contributed by atoms with Crippen LogP contribution >= 0.6 is 0 Å². The maximum absolute atomic E-state index is 12.9. The molecule has 3 atom stereocenters. The van der Waals surface area contributed by atoms with Crippen molar-refractivity contribution < 1.29 is 14.4 Å². The lowest BCUT2D eigenvalue weighted by Crippen LogP contribution is -2.52. The van der Waals surface area contributed by atoms with Crippen LogP contribution in [0.1, 0.15) is 58.6 Å². The second-order valence-corrected chi connectivity index (χ2v) is 9.22. The smallest absolute Gasteiger partial charge is 0.255 e. The van der Waals surface area contributed by atoms with Gasteiger partial charge in [0.05, 0.1) is 0 Å². The number of nitrogens with zero attached hydrogens (tertiary/aromatic N) is 1. The summed E-state index contributed by atoms with van der Waals surface area (Å²) in [5.41, 5.74) is 4.12. The summed E-state index contributed by atoms with van der Waals surface area (Å²) in [5, 5.41) is 9.65. The fraction of sp³-hybridized carbons (Fsp3) is 0.423. The average molecular weight is 447 g/mol. The van der Waals surface area contributed by atoms with Crippen LogP contribution in [0.5, 0.6) is 0 Å². The average Bonchev–Trinajstić information content (AvgIpc) is 2.98. The van der Waals surface area contributed by atoms with E-state index in [1.54, 1.807) is 4.90 Å². The van der Waals surface area contributed by atoms with Crippen LogP contribution in [0.3, 0.4) is 0 Å². The first-order chi connectivity index (χ1) is 16.1. The van der Waals surface area contributed by atoms with Crippen molar-refractivity contribution in [3.05, 3.63) is 70.8 Å². The molecule has 3 heterocycles. The molecule has 5 rings (SSSR count). The van der Waals surface area contributed by atoms with Gasteiger partial charge >= 0.3 is 0 Å². The van der Waals surface area contributed by atoms with Gasteiger partial charge in [0.25, 0.3) is 5.91 Å². The standard InChI is InChI=1S/C26H30N4O3/c31-24-9-8-23(25(32)29-24)30-16-19-14-17(6-7-21(19)26(30)33)15-28-22-11-13-27-12-10-20(22)18-4-2-1-3-5-18/h1-7,14,20,22-23,27-28H,8-13,15-16H2,(H,29,31,32)/t20-,22-,23?/m1/s1. The molecular formula is C26H30N4O3. The molecule has 7 heteroatoms. The summed E-state index contributed by atoms with van der Waals surface area (Å²) in [6.45, 7) is 3.16. The number of hydrogen-bond acceptors (Lipinski definition) is 5. The third kappa shape index (κ3) is 4.56. The number of amides is 3. The van der Waals surface area contributed by atoms with Gasteiger partial charge < -0.3 is 15.5 Å². The van der Waals surface area contributed by atoms with Crippen molar-refractivity contribution in [1.29, 1.82) is 0 Å². The number of carbonyl (C=O) groups is 3. The lowest BCUT2D eigenvalue weighted by Gasteiger charge is -2.29. The molecule has 3 aliphatic rings. The summed E-state index contributed by atoms with van der Waals surface area (Å²) in [6, 6.07) is 16.5. The topological polar surface area (TPSA) is 90.5 Å². The Kier molecular flexibility index (Phi) is 6.24. The van der Waals surface area contributed by atoms with Crippen molar-refractivity contribution in [3.63, 3.8) is 0 Å². The van der Waals surface area contributed by atoms with E-state index in [9.17, 15) is 14.4 Å². The molecule has 2 fully saturated rings. The van der Waals surface area contributed by atoms with Gasteiger partial charge in [0.2, 0.25) is 11.8 Å². The first-order valence-electron chi connectivity index (χ1n) is 11.9. The molecule has 3 N–H and O–H groups in total. The van der Waals surface area contributed by atoms with Gasteiger partial charge in [0.1, 0.15) is 6.04 Å². The number of fused-ring (bicyclic) bond motifs is 1. The third-order valence-electron chi connectivity index (χ3n) is 7.13. The fourth-order valence-corrected chi connectivity index (χ4v) is 5.37. The molecule has 0 aliphatic carbocycles. The maximum atomic E-state index is 12.9. The van der Waals surface area contributed by atoms with E-state index in [0.29, 0.717) is 30.5 Å². The van der Waals surface area contributed by atoms with Crippen molar-refractivity contribution in [2.24, 2.45) is 0 Å². The molecule has 3 amide bonds. The molecule has 2 saturated heterocycles. The number of piperidine rings is 1. The molecule has 0 radical (unpaired) electrons. The molecule has 0 saturated carbocycles. The molecule has 3 aliphatic heterocycles.